The number of hydrogen-bond donors (Lipinski definition) is 3. The van der Waals surface area contributed by atoms with Crippen molar-refractivity contribution < 1.29 is 14.9 Å². The van der Waals surface area contributed by atoms with Gasteiger partial charge >= 0.3 is 0 Å². The molecule has 6 rings (SSSR count). The predicted octanol–water partition coefficient (Wildman–Crippen LogP) is 3.17. The highest BCUT2D eigenvalue weighted by molar-refractivity contribution is 6.33. The van der Waals surface area contributed by atoms with Gasteiger partial charge in [0, 0.05) is 17.0 Å². The zero-order valence-corrected chi connectivity index (χ0v) is 18.8. The molecule has 4 N–H and O–H groups in total. The molecule has 0 spiro atoms. The van der Waals surface area contributed by atoms with Crippen LogP contribution in [-0.2, 0) is 11.2 Å². The van der Waals surface area contributed by atoms with Gasteiger partial charge in [-0.2, -0.15) is 0 Å². The molecule has 4 heterocycles. The Morgan fingerprint density at radius 1 is 1.27 bits per heavy atom. The van der Waals surface area contributed by atoms with Crippen molar-refractivity contribution in [3.8, 4) is 0 Å². The second-order valence-electron chi connectivity index (χ2n) is 9.19. The van der Waals surface area contributed by atoms with Crippen molar-refractivity contribution >= 4 is 39.4 Å². The number of aryl methyl sites for hydroxylation is 1. The predicted molar refractivity (Wildman–Crippen MR) is 125 cm³/mol. The molecule has 4 aromatic rings. The number of pyridine rings is 1. The van der Waals surface area contributed by atoms with Gasteiger partial charge in [-0.3, -0.25) is 0 Å². The number of aliphatic hydroxyl groups excluding tert-OH is 1. The fraction of sp³-hybridized carbons (Fsp3) is 0.375. The second kappa shape index (κ2) is 7.36. The molecule has 8 nitrogen and oxygen atoms in total. The number of benzene rings is 1. The quantitative estimate of drug-likeness (QED) is 0.425. The molecule has 5 atom stereocenters. The third-order valence-electron chi connectivity index (χ3n) is 7.25. The third-order valence-corrected chi connectivity index (χ3v) is 7.55. The number of aromatic nitrogens is 4. The number of aliphatic hydroxyl groups is 2. The van der Waals surface area contributed by atoms with Crippen molar-refractivity contribution in [3.05, 3.63) is 59.1 Å². The van der Waals surface area contributed by atoms with Crippen LogP contribution in [0.4, 0.5) is 5.82 Å². The van der Waals surface area contributed by atoms with Crippen molar-refractivity contribution in [2.24, 2.45) is 5.92 Å². The molecule has 9 heteroatoms. The van der Waals surface area contributed by atoms with Gasteiger partial charge in [0.25, 0.3) is 0 Å². The van der Waals surface area contributed by atoms with E-state index in [1.807, 2.05) is 43.5 Å². The van der Waals surface area contributed by atoms with E-state index in [4.69, 9.17) is 22.1 Å². The molecule has 0 unspecified atom stereocenters. The monoisotopic (exact) mass is 465 g/mol. The van der Waals surface area contributed by atoms with Gasteiger partial charge in [-0.1, -0.05) is 23.7 Å². The molecule has 1 saturated carbocycles. The highest BCUT2D eigenvalue weighted by Crippen LogP contribution is 2.50. The van der Waals surface area contributed by atoms with Gasteiger partial charge in [0.2, 0.25) is 0 Å². The molecule has 170 valence electrons. The van der Waals surface area contributed by atoms with Gasteiger partial charge in [0.15, 0.2) is 6.23 Å². The summed E-state index contributed by atoms with van der Waals surface area (Å²) >= 11 is 6.09. The Balaban J connectivity index is 1.29. The average Bonchev–Trinajstić information content (AvgIpc) is 3.42. The van der Waals surface area contributed by atoms with E-state index in [2.05, 4.69) is 15.0 Å². The summed E-state index contributed by atoms with van der Waals surface area (Å²) in [5, 5.41) is 24.8. The molecule has 2 aliphatic rings. The van der Waals surface area contributed by atoms with E-state index < -0.39 is 24.0 Å². The van der Waals surface area contributed by atoms with Crippen LogP contribution in [-0.4, -0.2) is 47.5 Å². The van der Waals surface area contributed by atoms with Crippen LogP contribution in [0.5, 0.6) is 0 Å². The van der Waals surface area contributed by atoms with E-state index in [1.54, 1.807) is 4.57 Å². The number of hydrogen-bond acceptors (Lipinski definition) is 7. The average molecular weight is 466 g/mol. The smallest absolute Gasteiger partial charge is 0.164 e. The Morgan fingerprint density at radius 2 is 2.12 bits per heavy atom. The highest BCUT2D eigenvalue weighted by atomic mass is 35.5. The van der Waals surface area contributed by atoms with Gasteiger partial charge in [-0.25, -0.2) is 15.0 Å². The summed E-state index contributed by atoms with van der Waals surface area (Å²) in [7, 11) is 0. The molecule has 0 radical (unpaired) electrons. The first-order chi connectivity index (χ1) is 15.8. The summed E-state index contributed by atoms with van der Waals surface area (Å²) in [5.41, 5.74) is 7.96. The number of nitrogen functional groups attached to an aromatic ring is 1. The maximum Gasteiger partial charge on any atom is 0.164 e. The lowest BCUT2D eigenvalue weighted by Crippen LogP contribution is -2.45. The van der Waals surface area contributed by atoms with E-state index in [1.165, 1.54) is 6.33 Å². The van der Waals surface area contributed by atoms with Crippen molar-refractivity contribution in [2.75, 3.05) is 5.73 Å². The minimum atomic E-state index is -1.30. The van der Waals surface area contributed by atoms with Crippen LogP contribution in [0.25, 0.3) is 21.9 Å². The van der Waals surface area contributed by atoms with Gasteiger partial charge in [-0.15, -0.1) is 0 Å². The van der Waals surface area contributed by atoms with Crippen molar-refractivity contribution in [2.45, 2.75) is 50.2 Å². The summed E-state index contributed by atoms with van der Waals surface area (Å²) in [6.07, 6.45) is 3.01. The zero-order valence-electron chi connectivity index (χ0n) is 18.0. The number of rotatable bonds is 3. The van der Waals surface area contributed by atoms with E-state index in [9.17, 15) is 10.2 Å². The van der Waals surface area contributed by atoms with Gasteiger partial charge in [-0.05, 0) is 55.9 Å². The summed E-state index contributed by atoms with van der Waals surface area (Å²) in [6.45, 7) is 1.92. The molecule has 1 aliphatic heterocycles. The van der Waals surface area contributed by atoms with E-state index >= 15 is 0 Å². The number of fused-ring (bicyclic) bond motifs is 3. The standard InChI is InChI=1S/C24H24ClN5O3/c1-12-16-5-7-30(22(16)28-11-27-12)23-19(31)24(32)6-4-15(20(24)33-23)8-13-2-3-14-10-17(25)21(26)29-18(14)9-13/h2-3,5,7,9-11,15,19-20,23,31-32H,4,6,8H2,1H3,(H2,26,29)/t15-,19-,20+,23+,24-/m0/s1. The van der Waals surface area contributed by atoms with Crippen LogP contribution in [0.1, 0.15) is 30.3 Å². The number of ether oxygens (including phenoxy) is 1. The van der Waals surface area contributed by atoms with Crippen molar-refractivity contribution in [1.29, 1.82) is 0 Å². The van der Waals surface area contributed by atoms with Gasteiger partial charge in [0.05, 0.1) is 22.3 Å². The highest BCUT2D eigenvalue weighted by Gasteiger charge is 2.61. The fourth-order valence-corrected chi connectivity index (χ4v) is 5.66. The second-order valence-corrected chi connectivity index (χ2v) is 9.60. The zero-order chi connectivity index (χ0) is 22.9. The topological polar surface area (TPSA) is 119 Å². The minimum absolute atomic E-state index is 0.0509. The van der Waals surface area contributed by atoms with E-state index in [0.717, 1.165) is 34.0 Å². The SMILES string of the molecule is Cc1ncnc2c1ccn2[C@@H]1O[C@@H]2[C@H](Cc3ccc4cc(Cl)c(N)nc4c3)CC[C@]2(O)[C@H]1O. The lowest BCUT2D eigenvalue weighted by atomic mass is 9.90. The Hall–Kier alpha value is -2.78. The van der Waals surface area contributed by atoms with Crippen LogP contribution in [0.3, 0.4) is 0 Å². The lowest BCUT2D eigenvalue weighted by molar-refractivity contribution is -0.0675. The largest absolute Gasteiger partial charge is 0.385 e. The maximum absolute atomic E-state index is 11.4. The number of anilines is 1. The van der Waals surface area contributed by atoms with Gasteiger partial charge < -0.3 is 25.3 Å². The van der Waals surface area contributed by atoms with Crippen molar-refractivity contribution in [3.63, 3.8) is 0 Å². The first-order valence-corrected chi connectivity index (χ1v) is 11.4. The van der Waals surface area contributed by atoms with Gasteiger partial charge in [0.1, 0.15) is 29.5 Å². The molecule has 1 aliphatic carbocycles. The van der Waals surface area contributed by atoms with E-state index in [-0.39, 0.29) is 5.92 Å². The summed E-state index contributed by atoms with van der Waals surface area (Å²) in [4.78, 5) is 13.0. The van der Waals surface area contributed by atoms with Crippen LogP contribution in [0, 0.1) is 12.8 Å². The Morgan fingerprint density at radius 3 is 2.97 bits per heavy atom. The molecule has 3 aromatic heterocycles. The van der Waals surface area contributed by atoms with Crippen LogP contribution in [0.2, 0.25) is 5.02 Å². The summed E-state index contributed by atoms with van der Waals surface area (Å²) in [6, 6.07) is 9.74. The Kier molecular flexibility index (Phi) is 4.64. The fourth-order valence-electron chi connectivity index (χ4n) is 5.50. The molecule has 1 aromatic carbocycles. The van der Waals surface area contributed by atoms with Crippen LogP contribution >= 0.6 is 11.6 Å². The molecule has 33 heavy (non-hydrogen) atoms. The van der Waals surface area contributed by atoms with Crippen molar-refractivity contribution in [1.82, 2.24) is 19.5 Å². The third kappa shape index (κ3) is 3.13. The summed E-state index contributed by atoms with van der Waals surface area (Å²) in [5.74, 6) is 0.356. The Bertz CT molecular complexity index is 1390. The lowest BCUT2D eigenvalue weighted by Gasteiger charge is -2.26. The number of nitrogens with zero attached hydrogens (tertiary/aromatic N) is 4. The molecular weight excluding hydrogens is 442 g/mol. The Labute approximate surface area is 195 Å². The first kappa shape index (κ1) is 20.8. The maximum atomic E-state index is 11.4. The van der Waals surface area contributed by atoms with Crippen LogP contribution < -0.4 is 5.73 Å². The van der Waals surface area contributed by atoms with E-state index in [0.29, 0.717) is 29.3 Å². The molecule has 0 amide bonds. The minimum Gasteiger partial charge on any atom is -0.385 e. The van der Waals surface area contributed by atoms with Crippen LogP contribution in [0.15, 0.2) is 42.9 Å². The number of halogens is 1. The molecule has 1 saturated heterocycles. The summed E-state index contributed by atoms with van der Waals surface area (Å²) < 4.78 is 8.15. The molecule has 0 bridgehead atoms. The first-order valence-electron chi connectivity index (χ1n) is 11.0. The number of nitrogens with two attached hydrogens (primary N) is 1. The molecule has 2 fully saturated rings. The normalized spacial score (nSPS) is 29.2. The molecular formula is C24H24ClN5O3.